The van der Waals surface area contributed by atoms with Crippen LogP contribution in [0.15, 0.2) is 67.8 Å². The lowest BCUT2D eigenvalue weighted by atomic mass is 9.77. The van der Waals surface area contributed by atoms with E-state index in [2.05, 4.69) is 107 Å². The Kier molecular flexibility index (Phi) is 10.1. The van der Waals surface area contributed by atoms with Crippen molar-refractivity contribution in [3.05, 3.63) is 84.4 Å². The molecule has 148 valence electrons. The molecule has 27 heavy (non-hydrogen) atoms. The summed E-state index contributed by atoms with van der Waals surface area (Å²) in [6.07, 6.45) is 3.54. The van der Waals surface area contributed by atoms with Crippen molar-refractivity contribution < 1.29 is 0 Å². The van der Waals surface area contributed by atoms with Crippen molar-refractivity contribution in [3.8, 4) is 0 Å². The summed E-state index contributed by atoms with van der Waals surface area (Å²) in [5.74, 6) is 0. The summed E-state index contributed by atoms with van der Waals surface area (Å²) >= 11 is 0. The standard InChI is InChI=1S/C24H35N.C2H4/c1-6-17-25(18-7-2)23(21-11-9-8-10-12-21)19-24(4,5)22-15-13-20(3)14-16-22;1-2/h8-16,23H,6-7,17-19H2,1-5H3;1-2H2. The van der Waals surface area contributed by atoms with Gasteiger partial charge in [0.2, 0.25) is 0 Å². The summed E-state index contributed by atoms with van der Waals surface area (Å²) < 4.78 is 0. The number of aryl methyl sites for hydroxylation is 1. The lowest BCUT2D eigenvalue weighted by Gasteiger charge is -2.38. The smallest absolute Gasteiger partial charge is 0.0356 e. The molecule has 0 saturated carbocycles. The molecule has 2 aromatic carbocycles. The fraction of sp³-hybridized carbons (Fsp3) is 0.462. The molecule has 0 aromatic heterocycles. The van der Waals surface area contributed by atoms with Crippen molar-refractivity contribution in [3.63, 3.8) is 0 Å². The predicted octanol–water partition coefficient (Wildman–Crippen LogP) is 7.33. The molecule has 1 heteroatoms. The van der Waals surface area contributed by atoms with Gasteiger partial charge in [-0.15, -0.1) is 13.2 Å². The van der Waals surface area contributed by atoms with Crippen LogP contribution in [0.1, 0.15) is 69.7 Å². The highest BCUT2D eigenvalue weighted by atomic mass is 15.1. The maximum Gasteiger partial charge on any atom is 0.0356 e. The maximum atomic E-state index is 3.00. The molecule has 2 rings (SSSR count). The molecular weight excluding hydrogens is 326 g/mol. The quantitative estimate of drug-likeness (QED) is 0.420. The van der Waals surface area contributed by atoms with Crippen LogP contribution in [0.25, 0.3) is 0 Å². The van der Waals surface area contributed by atoms with Gasteiger partial charge in [-0.05, 0) is 55.8 Å². The summed E-state index contributed by atoms with van der Waals surface area (Å²) in [5.41, 5.74) is 4.36. The molecule has 0 saturated heterocycles. The van der Waals surface area contributed by atoms with Crippen molar-refractivity contribution in [2.45, 2.75) is 65.3 Å². The Labute approximate surface area is 168 Å². The summed E-state index contributed by atoms with van der Waals surface area (Å²) in [6.45, 7) is 19.8. The van der Waals surface area contributed by atoms with Crippen molar-refractivity contribution in [2.75, 3.05) is 13.1 Å². The van der Waals surface area contributed by atoms with Gasteiger partial charge >= 0.3 is 0 Å². The van der Waals surface area contributed by atoms with E-state index < -0.39 is 0 Å². The zero-order chi connectivity index (χ0) is 20.3. The fourth-order valence-electron chi connectivity index (χ4n) is 3.74. The first-order chi connectivity index (χ1) is 13.0. The highest BCUT2D eigenvalue weighted by Crippen LogP contribution is 2.37. The van der Waals surface area contributed by atoms with Crippen LogP contribution in [0.5, 0.6) is 0 Å². The molecular formula is C26H39N. The van der Waals surface area contributed by atoms with Gasteiger partial charge in [-0.25, -0.2) is 0 Å². The fourth-order valence-corrected chi connectivity index (χ4v) is 3.74. The van der Waals surface area contributed by atoms with E-state index in [4.69, 9.17) is 0 Å². The first kappa shape index (κ1) is 23.2. The Morgan fingerprint density at radius 3 is 1.85 bits per heavy atom. The van der Waals surface area contributed by atoms with Crippen LogP contribution in [0.2, 0.25) is 0 Å². The molecule has 0 aliphatic rings. The number of nitrogens with zero attached hydrogens (tertiary/aromatic N) is 1. The zero-order valence-corrected chi connectivity index (χ0v) is 18.2. The molecule has 0 aliphatic carbocycles. The van der Waals surface area contributed by atoms with Crippen LogP contribution in [0.4, 0.5) is 0 Å². The van der Waals surface area contributed by atoms with Crippen molar-refractivity contribution in [1.82, 2.24) is 4.90 Å². The second-order valence-corrected chi connectivity index (χ2v) is 7.92. The van der Waals surface area contributed by atoms with E-state index in [9.17, 15) is 0 Å². The third-order valence-corrected chi connectivity index (χ3v) is 5.18. The number of benzene rings is 2. The molecule has 0 aliphatic heterocycles. The Morgan fingerprint density at radius 1 is 0.852 bits per heavy atom. The van der Waals surface area contributed by atoms with Gasteiger partial charge in [0.05, 0.1) is 0 Å². The minimum atomic E-state index is 0.147. The minimum Gasteiger partial charge on any atom is -0.296 e. The molecule has 1 unspecified atom stereocenters. The van der Waals surface area contributed by atoms with Gasteiger partial charge in [-0.1, -0.05) is 87.9 Å². The molecule has 0 bridgehead atoms. The molecule has 1 atom stereocenters. The van der Waals surface area contributed by atoms with Gasteiger partial charge in [0.25, 0.3) is 0 Å². The van der Waals surface area contributed by atoms with Gasteiger partial charge in [-0.3, -0.25) is 4.90 Å². The normalized spacial score (nSPS) is 12.4. The molecule has 2 aromatic rings. The van der Waals surface area contributed by atoms with E-state index in [-0.39, 0.29) is 5.41 Å². The maximum absolute atomic E-state index is 3.00. The Hall–Kier alpha value is -1.86. The number of hydrogen-bond donors (Lipinski definition) is 0. The van der Waals surface area contributed by atoms with Crippen LogP contribution >= 0.6 is 0 Å². The number of hydrogen-bond acceptors (Lipinski definition) is 1. The van der Waals surface area contributed by atoms with Gasteiger partial charge in [0.1, 0.15) is 0 Å². The Morgan fingerprint density at radius 2 is 1.37 bits per heavy atom. The van der Waals surface area contributed by atoms with E-state index in [0.29, 0.717) is 6.04 Å². The molecule has 0 amide bonds. The lowest BCUT2D eigenvalue weighted by molar-refractivity contribution is 0.165. The minimum absolute atomic E-state index is 0.147. The second kappa shape index (κ2) is 11.8. The molecule has 1 nitrogen and oxygen atoms in total. The van der Waals surface area contributed by atoms with Crippen LogP contribution in [0.3, 0.4) is 0 Å². The van der Waals surface area contributed by atoms with Crippen molar-refractivity contribution >= 4 is 0 Å². The van der Waals surface area contributed by atoms with E-state index in [1.54, 1.807) is 0 Å². The first-order valence-electron chi connectivity index (χ1n) is 10.3. The van der Waals surface area contributed by atoms with Gasteiger partial charge in [0, 0.05) is 6.04 Å². The summed E-state index contributed by atoms with van der Waals surface area (Å²) in [7, 11) is 0. The molecule has 0 radical (unpaired) electrons. The average molecular weight is 366 g/mol. The third kappa shape index (κ3) is 6.99. The van der Waals surface area contributed by atoms with E-state index in [1.807, 2.05) is 0 Å². The molecule has 0 heterocycles. The number of rotatable bonds is 9. The van der Waals surface area contributed by atoms with Gasteiger partial charge < -0.3 is 0 Å². The second-order valence-electron chi connectivity index (χ2n) is 7.92. The van der Waals surface area contributed by atoms with Crippen LogP contribution in [-0.2, 0) is 5.41 Å². The summed E-state index contributed by atoms with van der Waals surface area (Å²) in [4.78, 5) is 2.69. The predicted molar refractivity (Wildman–Crippen MR) is 121 cm³/mol. The third-order valence-electron chi connectivity index (χ3n) is 5.18. The van der Waals surface area contributed by atoms with Gasteiger partial charge in [0.15, 0.2) is 0 Å². The van der Waals surface area contributed by atoms with E-state index in [0.717, 1.165) is 19.5 Å². The Bertz CT molecular complexity index is 621. The summed E-state index contributed by atoms with van der Waals surface area (Å²) in [5, 5.41) is 0. The van der Waals surface area contributed by atoms with Crippen LogP contribution in [-0.4, -0.2) is 18.0 Å². The van der Waals surface area contributed by atoms with E-state index >= 15 is 0 Å². The highest BCUT2D eigenvalue weighted by Gasteiger charge is 2.29. The average Bonchev–Trinajstić information content (AvgIpc) is 2.69. The monoisotopic (exact) mass is 365 g/mol. The largest absolute Gasteiger partial charge is 0.296 e. The topological polar surface area (TPSA) is 3.24 Å². The van der Waals surface area contributed by atoms with Crippen molar-refractivity contribution in [1.29, 1.82) is 0 Å². The molecule has 0 spiro atoms. The lowest BCUT2D eigenvalue weighted by Crippen LogP contribution is -2.35. The Balaban J connectivity index is 0.00000176. The SMILES string of the molecule is C=C.CCCN(CCC)C(CC(C)(C)c1ccc(C)cc1)c1ccccc1. The molecule has 0 N–H and O–H groups in total. The van der Waals surface area contributed by atoms with Gasteiger partial charge in [-0.2, -0.15) is 0 Å². The van der Waals surface area contributed by atoms with Crippen molar-refractivity contribution in [2.24, 2.45) is 0 Å². The summed E-state index contributed by atoms with van der Waals surface area (Å²) in [6, 6.07) is 20.6. The van der Waals surface area contributed by atoms with Crippen LogP contribution < -0.4 is 0 Å². The van der Waals surface area contributed by atoms with Crippen LogP contribution in [0, 0.1) is 6.92 Å². The molecule has 0 fully saturated rings. The first-order valence-corrected chi connectivity index (χ1v) is 10.3. The van der Waals surface area contributed by atoms with E-state index in [1.165, 1.54) is 29.5 Å². The highest BCUT2D eigenvalue weighted by molar-refractivity contribution is 5.29. The zero-order valence-electron chi connectivity index (χ0n) is 18.2.